The Balaban J connectivity index is 2.21. The number of benzene rings is 1. The van der Waals surface area contributed by atoms with Gasteiger partial charge in [0.2, 0.25) is 0 Å². The van der Waals surface area contributed by atoms with Crippen LogP contribution < -0.4 is 0 Å². The summed E-state index contributed by atoms with van der Waals surface area (Å²) in [6, 6.07) is 5.10. The van der Waals surface area contributed by atoms with Crippen molar-refractivity contribution in [2.45, 2.75) is 26.4 Å². The summed E-state index contributed by atoms with van der Waals surface area (Å²) >= 11 is 1.15. The third-order valence-electron chi connectivity index (χ3n) is 2.91. The van der Waals surface area contributed by atoms with E-state index in [1.54, 1.807) is 19.9 Å². The first-order chi connectivity index (χ1) is 10.3. The summed E-state index contributed by atoms with van der Waals surface area (Å²) in [7, 11) is 0. The van der Waals surface area contributed by atoms with Gasteiger partial charge in [0.25, 0.3) is 0 Å². The van der Waals surface area contributed by atoms with Crippen LogP contribution in [0.3, 0.4) is 0 Å². The third-order valence-corrected chi connectivity index (χ3v) is 4.05. The Morgan fingerprint density at radius 2 is 2.09 bits per heavy atom. The molecule has 2 rings (SSSR count). The van der Waals surface area contributed by atoms with Gasteiger partial charge >= 0.3 is 12.1 Å². The summed E-state index contributed by atoms with van der Waals surface area (Å²) in [6.45, 7) is 3.65. The molecule has 118 valence electrons. The molecule has 1 aromatic carbocycles. The van der Waals surface area contributed by atoms with Crippen molar-refractivity contribution in [3.05, 3.63) is 51.0 Å². The number of halogens is 3. The summed E-state index contributed by atoms with van der Waals surface area (Å²) in [4.78, 5) is 16.3. The lowest BCUT2D eigenvalue weighted by molar-refractivity contribution is -0.137. The molecular formula is C15H14F3NO2S. The highest BCUT2D eigenvalue weighted by Gasteiger charge is 2.30. The van der Waals surface area contributed by atoms with Gasteiger partial charge < -0.3 is 4.74 Å². The number of ether oxygens (including phenoxy) is 1. The number of carbonyl (C=O) groups excluding carboxylic acids is 1. The van der Waals surface area contributed by atoms with Crippen LogP contribution in [0.4, 0.5) is 13.2 Å². The summed E-state index contributed by atoms with van der Waals surface area (Å²) in [6.07, 6.45) is -4.13. The first-order valence-corrected chi connectivity index (χ1v) is 7.42. The van der Waals surface area contributed by atoms with Crippen LogP contribution in [0, 0.1) is 6.92 Å². The lowest BCUT2D eigenvalue weighted by atomic mass is 10.1. The van der Waals surface area contributed by atoms with Crippen molar-refractivity contribution in [2.24, 2.45) is 0 Å². The molecule has 2 aromatic rings. The molecular weight excluding hydrogens is 315 g/mol. The molecule has 0 unspecified atom stereocenters. The Labute approximate surface area is 129 Å². The number of rotatable bonds is 4. The molecule has 1 aromatic heterocycles. The number of thiazole rings is 1. The fourth-order valence-electron chi connectivity index (χ4n) is 1.95. The number of esters is 1. The topological polar surface area (TPSA) is 39.2 Å². The predicted octanol–water partition coefficient (Wildman–Crippen LogP) is 4.24. The highest BCUT2D eigenvalue weighted by Crippen LogP contribution is 2.30. The number of hydrogen-bond donors (Lipinski definition) is 0. The van der Waals surface area contributed by atoms with Crippen LogP contribution in [-0.2, 0) is 17.3 Å². The van der Waals surface area contributed by atoms with Gasteiger partial charge in [0.05, 0.1) is 22.9 Å². The smallest absolute Gasteiger partial charge is 0.416 e. The quantitative estimate of drug-likeness (QED) is 0.788. The van der Waals surface area contributed by atoms with Gasteiger partial charge in [-0.05, 0) is 25.5 Å². The Hall–Kier alpha value is -1.89. The maximum atomic E-state index is 12.7. The van der Waals surface area contributed by atoms with Gasteiger partial charge in [0, 0.05) is 6.42 Å². The molecule has 0 aliphatic carbocycles. The van der Waals surface area contributed by atoms with Crippen molar-refractivity contribution in [3.8, 4) is 0 Å². The van der Waals surface area contributed by atoms with E-state index in [0.717, 1.165) is 23.5 Å². The van der Waals surface area contributed by atoms with Crippen molar-refractivity contribution < 1.29 is 22.7 Å². The molecule has 0 atom stereocenters. The molecule has 3 nitrogen and oxygen atoms in total. The zero-order chi connectivity index (χ0) is 16.3. The predicted molar refractivity (Wildman–Crippen MR) is 77.1 cm³/mol. The van der Waals surface area contributed by atoms with Gasteiger partial charge in [-0.1, -0.05) is 18.2 Å². The zero-order valence-corrected chi connectivity index (χ0v) is 12.8. The van der Waals surface area contributed by atoms with Gasteiger partial charge in [0.1, 0.15) is 4.88 Å². The van der Waals surface area contributed by atoms with Crippen LogP contribution in [-0.4, -0.2) is 17.6 Å². The number of aromatic nitrogens is 1. The van der Waals surface area contributed by atoms with Crippen molar-refractivity contribution in [1.29, 1.82) is 0 Å². The van der Waals surface area contributed by atoms with Crippen LogP contribution >= 0.6 is 11.3 Å². The molecule has 0 aliphatic heterocycles. The van der Waals surface area contributed by atoms with E-state index in [2.05, 4.69) is 4.98 Å². The summed E-state index contributed by atoms with van der Waals surface area (Å²) in [5, 5.41) is 0.583. The van der Waals surface area contributed by atoms with Crippen LogP contribution in [0.25, 0.3) is 0 Å². The second-order valence-corrected chi connectivity index (χ2v) is 5.70. The Morgan fingerprint density at radius 3 is 2.73 bits per heavy atom. The number of hydrogen-bond acceptors (Lipinski definition) is 4. The molecule has 7 heteroatoms. The fourth-order valence-corrected chi connectivity index (χ4v) is 2.94. The first-order valence-electron chi connectivity index (χ1n) is 6.60. The zero-order valence-electron chi connectivity index (χ0n) is 12.0. The lowest BCUT2D eigenvalue weighted by Gasteiger charge is -2.07. The van der Waals surface area contributed by atoms with Crippen molar-refractivity contribution >= 4 is 17.3 Å². The largest absolute Gasteiger partial charge is 0.462 e. The normalized spacial score (nSPS) is 11.5. The first kappa shape index (κ1) is 16.5. The SMILES string of the molecule is CCOC(=O)c1sc(Cc2cccc(C(F)(F)F)c2)nc1C. The van der Waals surface area contributed by atoms with E-state index in [0.29, 0.717) is 21.1 Å². The lowest BCUT2D eigenvalue weighted by Crippen LogP contribution is -2.05. The molecule has 22 heavy (non-hydrogen) atoms. The van der Waals surface area contributed by atoms with Crippen LogP contribution in [0.5, 0.6) is 0 Å². The monoisotopic (exact) mass is 329 g/mol. The van der Waals surface area contributed by atoms with Gasteiger partial charge in [-0.25, -0.2) is 9.78 Å². The molecule has 0 saturated heterocycles. The Bertz CT molecular complexity index is 680. The van der Waals surface area contributed by atoms with E-state index in [9.17, 15) is 18.0 Å². The Kier molecular flexibility index (Phi) is 4.85. The van der Waals surface area contributed by atoms with Gasteiger partial charge in [-0.2, -0.15) is 13.2 Å². The summed E-state index contributed by atoms with van der Waals surface area (Å²) in [5.41, 5.74) is 0.341. The van der Waals surface area contributed by atoms with E-state index < -0.39 is 17.7 Å². The van der Waals surface area contributed by atoms with Crippen LogP contribution in [0.2, 0.25) is 0 Å². The minimum atomic E-state index is -4.37. The molecule has 1 heterocycles. The molecule has 0 amide bonds. The maximum Gasteiger partial charge on any atom is 0.416 e. The van der Waals surface area contributed by atoms with E-state index in [1.165, 1.54) is 6.07 Å². The molecule has 0 radical (unpaired) electrons. The standard InChI is InChI=1S/C15H14F3NO2S/c1-3-21-14(20)13-9(2)19-12(22-13)8-10-5-4-6-11(7-10)15(16,17)18/h4-7H,3,8H2,1-2H3. The number of nitrogens with zero attached hydrogens (tertiary/aromatic N) is 1. The Morgan fingerprint density at radius 1 is 1.36 bits per heavy atom. The highest BCUT2D eigenvalue weighted by atomic mass is 32.1. The number of aryl methyl sites for hydroxylation is 1. The molecule has 0 N–H and O–H groups in total. The van der Waals surface area contributed by atoms with Gasteiger partial charge in [0.15, 0.2) is 0 Å². The van der Waals surface area contributed by atoms with Crippen molar-refractivity contribution in [2.75, 3.05) is 6.61 Å². The average Bonchev–Trinajstić information content (AvgIpc) is 2.79. The third kappa shape index (κ3) is 3.85. The van der Waals surface area contributed by atoms with Crippen LogP contribution in [0.1, 0.15) is 38.4 Å². The van der Waals surface area contributed by atoms with Crippen molar-refractivity contribution in [3.63, 3.8) is 0 Å². The van der Waals surface area contributed by atoms with E-state index >= 15 is 0 Å². The van der Waals surface area contributed by atoms with E-state index in [-0.39, 0.29) is 13.0 Å². The molecule has 0 aliphatic rings. The van der Waals surface area contributed by atoms with Gasteiger partial charge in [-0.15, -0.1) is 11.3 Å². The highest BCUT2D eigenvalue weighted by molar-refractivity contribution is 7.13. The van der Waals surface area contributed by atoms with E-state index in [1.807, 2.05) is 0 Å². The summed E-state index contributed by atoms with van der Waals surface area (Å²) in [5.74, 6) is -0.451. The second kappa shape index (κ2) is 6.48. The van der Waals surface area contributed by atoms with Gasteiger partial charge in [-0.3, -0.25) is 0 Å². The molecule has 0 fully saturated rings. The van der Waals surface area contributed by atoms with E-state index in [4.69, 9.17) is 4.74 Å². The minimum absolute atomic E-state index is 0.245. The average molecular weight is 329 g/mol. The minimum Gasteiger partial charge on any atom is -0.462 e. The molecule has 0 saturated carbocycles. The number of alkyl halides is 3. The second-order valence-electron chi connectivity index (χ2n) is 4.62. The fraction of sp³-hybridized carbons (Fsp3) is 0.333. The molecule has 0 spiro atoms. The summed E-state index contributed by atoms with van der Waals surface area (Å²) < 4.78 is 43.0. The number of carbonyl (C=O) groups is 1. The molecule has 0 bridgehead atoms. The van der Waals surface area contributed by atoms with Crippen molar-refractivity contribution in [1.82, 2.24) is 4.98 Å². The van der Waals surface area contributed by atoms with Crippen LogP contribution in [0.15, 0.2) is 24.3 Å². The maximum absolute atomic E-state index is 12.7.